The molecule has 0 aliphatic rings. The van der Waals surface area contributed by atoms with E-state index >= 15 is 0 Å². The molecule has 2 aromatic heterocycles. The first-order chi connectivity index (χ1) is 7.99. The molecular weight excluding hydrogens is 410 g/mol. The third-order valence-corrected chi connectivity index (χ3v) is 7.59. The molecule has 0 amide bonds. The van der Waals surface area contributed by atoms with Crippen LogP contribution in [-0.4, -0.2) is 8.42 Å². The van der Waals surface area contributed by atoms with E-state index in [0.717, 1.165) is 8.66 Å². The second kappa shape index (κ2) is 5.50. The van der Waals surface area contributed by atoms with Crippen molar-refractivity contribution in [1.82, 2.24) is 4.72 Å². The summed E-state index contributed by atoms with van der Waals surface area (Å²) >= 11 is 9.26. The highest BCUT2D eigenvalue weighted by Gasteiger charge is 2.18. The van der Waals surface area contributed by atoms with Crippen LogP contribution in [0.2, 0.25) is 0 Å². The molecule has 0 bridgehead atoms. The topological polar surface area (TPSA) is 46.2 Å². The maximum Gasteiger partial charge on any atom is 0.251 e. The van der Waals surface area contributed by atoms with Gasteiger partial charge in [0, 0.05) is 15.9 Å². The number of sulfonamides is 1. The molecule has 0 saturated carbocycles. The molecule has 2 heterocycles. The number of hydrogen-bond donors (Lipinski definition) is 1. The van der Waals surface area contributed by atoms with Crippen molar-refractivity contribution in [3.05, 3.63) is 36.7 Å². The van der Waals surface area contributed by atoms with Crippen molar-refractivity contribution in [2.45, 2.75) is 10.8 Å². The Hall–Kier alpha value is 0.270. The first-order valence-corrected chi connectivity index (χ1v) is 9.22. The molecule has 0 aliphatic heterocycles. The average molecular weight is 417 g/mol. The van der Waals surface area contributed by atoms with Crippen molar-refractivity contribution < 1.29 is 8.42 Å². The first-order valence-electron chi connectivity index (χ1n) is 4.46. The first kappa shape index (κ1) is 13.7. The number of rotatable bonds is 4. The summed E-state index contributed by atoms with van der Waals surface area (Å²) in [5, 5.41) is 1.74. The number of thiophene rings is 2. The maximum atomic E-state index is 12.0. The fourth-order valence-electron chi connectivity index (χ4n) is 1.15. The van der Waals surface area contributed by atoms with E-state index in [2.05, 4.69) is 36.6 Å². The van der Waals surface area contributed by atoms with Crippen LogP contribution in [0.1, 0.15) is 4.88 Å². The lowest BCUT2D eigenvalue weighted by Gasteiger charge is -2.03. The predicted molar refractivity (Wildman–Crippen MR) is 78.1 cm³/mol. The van der Waals surface area contributed by atoms with Gasteiger partial charge >= 0.3 is 0 Å². The second-order valence-corrected chi connectivity index (χ2v) is 9.37. The van der Waals surface area contributed by atoms with E-state index in [1.54, 1.807) is 11.4 Å². The Morgan fingerprint density at radius 3 is 2.53 bits per heavy atom. The SMILES string of the molecule is O=S(=O)(NCc1ccc(Br)s1)c1sccc1Br. The van der Waals surface area contributed by atoms with Crippen molar-refractivity contribution in [3.63, 3.8) is 0 Å². The molecule has 1 N–H and O–H groups in total. The van der Waals surface area contributed by atoms with E-state index in [1.807, 2.05) is 12.1 Å². The van der Waals surface area contributed by atoms with Gasteiger partial charge in [-0.1, -0.05) is 0 Å². The average Bonchev–Trinajstić information content (AvgIpc) is 2.85. The zero-order valence-corrected chi connectivity index (χ0v) is 13.9. The van der Waals surface area contributed by atoms with Gasteiger partial charge in [-0.15, -0.1) is 22.7 Å². The molecule has 0 fully saturated rings. The van der Waals surface area contributed by atoms with Crippen LogP contribution < -0.4 is 4.72 Å². The van der Waals surface area contributed by atoms with Crippen molar-refractivity contribution in [2.24, 2.45) is 0 Å². The molecule has 8 heteroatoms. The summed E-state index contributed by atoms with van der Waals surface area (Å²) in [6, 6.07) is 5.51. The summed E-state index contributed by atoms with van der Waals surface area (Å²) in [7, 11) is -3.42. The third kappa shape index (κ3) is 3.39. The zero-order chi connectivity index (χ0) is 12.5. The van der Waals surface area contributed by atoms with Gasteiger partial charge in [-0.05, 0) is 55.4 Å². The van der Waals surface area contributed by atoms with Crippen molar-refractivity contribution in [1.29, 1.82) is 0 Å². The standard InChI is InChI=1S/C9H7Br2NO2S3/c10-7-3-4-15-9(7)17(13,14)12-5-6-1-2-8(11)16-6/h1-4,12H,5H2. The molecule has 3 nitrogen and oxygen atoms in total. The van der Waals surface area contributed by atoms with Crippen LogP contribution in [0.25, 0.3) is 0 Å². The normalized spacial score (nSPS) is 11.9. The minimum absolute atomic E-state index is 0.308. The lowest BCUT2D eigenvalue weighted by atomic mass is 10.5. The van der Waals surface area contributed by atoms with Gasteiger partial charge in [-0.2, -0.15) is 0 Å². The third-order valence-electron chi connectivity index (χ3n) is 1.89. The molecule has 0 atom stereocenters. The summed E-state index contributed by atoms with van der Waals surface area (Å²) in [4.78, 5) is 0.966. The van der Waals surface area contributed by atoms with E-state index in [-0.39, 0.29) is 0 Å². The van der Waals surface area contributed by atoms with Gasteiger partial charge in [0.15, 0.2) is 0 Å². The molecule has 0 saturated heterocycles. The predicted octanol–water partition coefficient (Wildman–Crippen LogP) is 3.81. The van der Waals surface area contributed by atoms with Gasteiger partial charge in [-0.25, -0.2) is 13.1 Å². The highest BCUT2D eigenvalue weighted by atomic mass is 79.9. The Balaban J connectivity index is 2.11. The second-order valence-electron chi connectivity index (χ2n) is 3.09. The lowest BCUT2D eigenvalue weighted by Crippen LogP contribution is -2.22. The van der Waals surface area contributed by atoms with Gasteiger partial charge in [0.2, 0.25) is 0 Å². The van der Waals surface area contributed by atoms with E-state index in [9.17, 15) is 8.42 Å². The fourth-order valence-corrected chi connectivity index (χ4v) is 6.05. The van der Waals surface area contributed by atoms with Crippen LogP contribution >= 0.6 is 54.5 Å². The van der Waals surface area contributed by atoms with E-state index in [1.165, 1.54) is 22.7 Å². The van der Waals surface area contributed by atoms with Crippen LogP contribution in [0, 0.1) is 0 Å². The molecular formula is C9H7Br2NO2S3. The molecule has 0 aromatic carbocycles. The highest BCUT2D eigenvalue weighted by molar-refractivity contribution is 9.11. The molecule has 0 unspecified atom stereocenters. The van der Waals surface area contributed by atoms with Crippen molar-refractivity contribution in [3.8, 4) is 0 Å². The van der Waals surface area contributed by atoms with Gasteiger partial charge in [-0.3, -0.25) is 0 Å². The summed E-state index contributed by atoms with van der Waals surface area (Å²) < 4.78 is 28.4. The maximum absolute atomic E-state index is 12.0. The van der Waals surface area contributed by atoms with E-state index in [0.29, 0.717) is 15.2 Å². The van der Waals surface area contributed by atoms with Crippen molar-refractivity contribution >= 4 is 64.6 Å². The monoisotopic (exact) mass is 415 g/mol. The van der Waals surface area contributed by atoms with Crippen LogP contribution in [-0.2, 0) is 16.6 Å². The van der Waals surface area contributed by atoms with Crippen LogP contribution in [0.4, 0.5) is 0 Å². The van der Waals surface area contributed by atoms with E-state index in [4.69, 9.17) is 0 Å². The smallest absolute Gasteiger partial charge is 0.206 e. The number of hydrogen-bond acceptors (Lipinski definition) is 4. The van der Waals surface area contributed by atoms with Crippen LogP contribution in [0.3, 0.4) is 0 Å². The Morgan fingerprint density at radius 1 is 1.24 bits per heavy atom. The van der Waals surface area contributed by atoms with Gasteiger partial charge in [0.25, 0.3) is 10.0 Å². The van der Waals surface area contributed by atoms with Gasteiger partial charge in [0.1, 0.15) is 4.21 Å². The quantitative estimate of drug-likeness (QED) is 0.823. The summed E-state index contributed by atoms with van der Waals surface area (Å²) in [6.07, 6.45) is 0. The number of nitrogens with one attached hydrogen (secondary N) is 1. The Bertz CT molecular complexity index is 618. The summed E-state index contributed by atoms with van der Waals surface area (Å²) in [6.45, 7) is 0.308. The molecule has 17 heavy (non-hydrogen) atoms. The minimum Gasteiger partial charge on any atom is -0.206 e. The molecule has 2 aromatic rings. The lowest BCUT2D eigenvalue weighted by molar-refractivity contribution is 0.583. The Morgan fingerprint density at radius 2 is 2.00 bits per heavy atom. The highest BCUT2D eigenvalue weighted by Crippen LogP contribution is 2.28. The number of halogens is 2. The Kier molecular flexibility index (Phi) is 4.43. The largest absolute Gasteiger partial charge is 0.251 e. The fraction of sp³-hybridized carbons (Fsp3) is 0.111. The minimum atomic E-state index is -3.42. The molecule has 2 rings (SSSR count). The Labute approximate surface area is 124 Å². The molecule has 0 spiro atoms. The van der Waals surface area contributed by atoms with Crippen molar-refractivity contribution in [2.75, 3.05) is 0 Å². The van der Waals surface area contributed by atoms with Gasteiger partial charge < -0.3 is 0 Å². The molecule has 92 valence electrons. The molecule has 0 radical (unpaired) electrons. The molecule has 0 aliphatic carbocycles. The van der Waals surface area contributed by atoms with Gasteiger partial charge in [0.05, 0.1) is 3.79 Å². The van der Waals surface area contributed by atoms with Crippen LogP contribution in [0.5, 0.6) is 0 Å². The summed E-state index contributed by atoms with van der Waals surface area (Å²) in [5.41, 5.74) is 0. The zero-order valence-electron chi connectivity index (χ0n) is 8.31. The summed E-state index contributed by atoms with van der Waals surface area (Å²) in [5.74, 6) is 0. The van der Waals surface area contributed by atoms with E-state index < -0.39 is 10.0 Å². The van der Waals surface area contributed by atoms with Crippen LogP contribution in [0.15, 0.2) is 36.0 Å².